The summed E-state index contributed by atoms with van der Waals surface area (Å²) >= 11 is 0. The number of hydrogen-bond donors (Lipinski definition) is 1. The summed E-state index contributed by atoms with van der Waals surface area (Å²) in [4.78, 5) is 36.5. The minimum absolute atomic E-state index is 0.00683. The van der Waals surface area contributed by atoms with E-state index < -0.39 is 11.4 Å². The number of halogens is 2. The van der Waals surface area contributed by atoms with Gasteiger partial charge in [-0.05, 0) is 62.4 Å². The Morgan fingerprint density at radius 2 is 1.71 bits per heavy atom. The van der Waals surface area contributed by atoms with Crippen LogP contribution in [0.25, 0.3) is 16.7 Å². The van der Waals surface area contributed by atoms with E-state index in [1.165, 1.54) is 40.0 Å². The number of likely N-dealkylation sites (N-methyl/N-ethyl adjacent to an activating group) is 1. The van der Waals surface area contributed by atoms with E-state index in [-0.39, 0.29) is 60.7 Å². The molecule has 0 radical (unpaired) electrons. The minimum atomic E-state index is -1.22. The number of carbonyl (C=O) groups excluding carboxylic acids is 1. The molecule has 0 bridgehead atoms. The Labute approximate surface area is 235 Å². The monoisotopic (exact) mass is 563 g/mol. The van der Waals surface area contributed by atoms with Gasteiger partial charge < -0.3 is 19.8 Å². The number of hydrogen-bond acceptors (Lipinski definition) is 7. The largest absolute Gasteiger partial charge is 0.388 e. The fourth-order valence-corrected chi connectivity index (χ4v) is 5.56. The first-order valence-electron chi connectivity index (χ1n) is 13.6. The molecule has 0 aliphatic carbocycles. The van der Waals surface area contributed by atoms with E-state index in [4.69, 9.17) is 0 Å². The van der Waals surface area contributed by atoms with Crippen molar-refractivity contribution in [2.75, 3.05) is 51.2 Å². The third-order valence-electron chi connectivity index (χ3n) is 8.11. The number of likely N-dealkylation sites (tertiary alicyclic amines) is 1. The molecular formula is C29H31F2N7O3. The van der Waals surface area contributed by atoms with Crippen molar-refractivity contribution in [3.63, 3.8) is 0 Å². The molecule has 0 saturated carbocycles. The van der Waals surface area contributed by atoms with E-state index in [0.717, 1.165) is 26.2 Å². The molecule has 2 aliphatic rings. The number of rotatable bonds is 5. The summed E-state index contributed by atoms with van der Waals surface area (Å²) in [6, 6.07) is 10.3. The Kier molecular flexibility index (Phi) is 7.04. The van der Waals surface area contributed by atoms with Crippen molar-refractivity contribution in [2.24, 2.45) is 0 Å². The second-order valence-corrected chi connectivity index (χ2v) is 10.9. The van der Waals surface area contributed by atoms with E-state index >= 15 is 0 Å². The molecule has 1 N–H and O–H groups in total. The molecule has 2 aliphatic heterocycles. The zero-order valence-corrected chi connectivity index (χ0v) is 22.7. The SMILES string of the molecule is CN1CCN(c2ccc(C(=O)N3CCC(O)(Cn4cnc5c(cnn5-c5ccc(F)cc5)c4=O)CC3)cc2F)CC1. The maximum atomic E-state index is 15.0. The third-order valence-corrected chi connectivity index (χ3v) is 8.11. The minimum Gasteiger partial charge on any atom is -0.388 e. The molecule has 2 aromatic heterocycles. The Bertz CT molecular complexity index is 1640. The van der Waals surface area contributed by atoms with E-state index in [9.17, 15) is 23.5 Å². The highest BCUT2D eigenvalue weighted by Crippen LogP contribution is 2.27. The Balaban J connectivity index is 1.12. The van der Waals surface area contributed by atoms with Gasteiger partial charge in [0.1, 0.15) is 23.3 Å². The Morgan fingerprint density at radius 3 is 2.39 bits per heavy atom. The average molecular weight is 564 g/mol. The molecule has 2 saturated heterocycles. The summed E-state index contributed by atoms with van der Waals surface area (Å²) in [5, 5.41) is 15.8. The first-order valence-corrected chi connectivity index (χ1v) is 13.6. The number of anilines is 1. The number of nitrogens with zero attached hydrogens (tertiary/aromatic N) is 7. The maximum absolute atomic E-state index is 15.0. The van der Waals surface area contributed by atoms with E-state index in [1.807, 2.05) is 11.9 Å². The number of piperidine rings is 1. The fourth-order valence-electron chi connectivity index (χ4n) is 5.56. The number of fused-ring (bicyclic) bond motifs is 1. The lowest BCUT2D eigenvalue weighted by atomic mass is 9.91. The van der Waals surface area contributed by atoms with Crippen LogP contribution in [0.5, 0.6) is 0 Å². The van der Waals surface area contributed by atoms with Crippen LogP contribution in [0.4, 0.5) is 14.5 Å². The van der Waals surface area contributed by atoms with Crippen molar-refractivity contribution in [1.29, 1.82) is 0 Å². The lowest BCUT2D eigenvalue weighted by molar-refractivity contribution is -0.0299. The highest BCUT2D eigenvalue weighted by atomic mass is 19.1. The lowest BCUT2D eigenvalue weighted by Crippen LogP contribution is -2.49. The molecule has 4 aromatic rings. The van der Waals surface area contributed by atoms with Gasteiger partial charge in [0.25, 0.3) is 11.5 Å². The molecule has 12 heteroatoms. The number of aliphatic hydroxyl groups is 1. The van der Waals surface area contributed by atoms with Gasteiger partial charge >= 0.3 is 0 Å². The molecular weight excluding hydrogens is 532 g/mol. The molecule has 0 atom stereocenters. The van der Waals surface area contributed by atoms with E-state index in [2.05, 4.69) is 15.0 Å². The number of amides is 1. The summed E-state index contributed by atoms with van der Waals surface area (Å²) < 4.78 is 31.1. The molecule has 41 heavy (non-hydrogen) atoms. The van der Waals surface area contributed by atoms with Crippen molar-refractivity contribution in [3.05, 3.63) is 82.5 Å². The highest BCUT2D eigenvalue weighted by Gasteiger charge is 2.35. The van der Waals surface area contributed by atoms with Gasteiger partial charge in [0.05, 0.1) is 29.7 Å². The summed E-state index contributed by atoms with van der Waals surface area (Å²) in [6.45, 7) is 3.71. The van der Waals surface area contributed by atoms with Gasteiger partial charge in [-0.3, -0.25) is 14.2 Å². The van der Waals surface area contributed by atoms with Crippen LogP contribution in [-0.4, -0.2) is 92.1 Å². The van der Waals surface area contributed by atoms with Crippen LogP contribution >= 0.6 is 0 Å². The first-order chi connectivity index (χ1) is 19.7. The van der Waals surface area contributed by atoms with Crippen molar-refractivity contribution in [1.82, 2.24) is 29.1 Å². The van der Waals surface area contributed by atoms with Crippen LogP contribution in [0.3, 0.4) is 0 Å². The number of benzene rings is 2. The van der Waals surface area contributed by atoms with Crippen molar-refractivity contribution < 1.29 is 18.7 Å². The van der Waals surface area contributed by atoms with Gasteiger partial charge in [-0.1, -0.05) is 0 Å². The lowest BCUT2D eigenvalue weighted by Gasteiger charge is -2.38. The maximum Gasteiger partial charge on any atom is 0.264 e. The summed E-state index contributed by atoms with van der Waals surface area (Å²) in [7, 11) is 2.04. The molecule has 1 amide bonds. The quantitative estimate of drug-likeness (QED) is 0.398. The zero-order chi connectivity index (χ0) is 28.7. The van der Waals surface area contributed by atoms with Crippen LogP contribution in [0.15, 0.2) is 59.8 Å². The second-order valence-electron chi connectivity index (χ2n) is 10.9. The molecule has 4 heterocycles. The van der Waals surface area contributed by atoms with Crippen molar-refractivity contribution >= 4 is 22.6 Å². The number of aromatic nitrogens is 4. The van der Waals surface area contributed by atoms with Crippen LogP contribution in [0.2, 0.25) is 0 Å². The molecule has 10 nitrogen and oxygen atoms in total. The number of piperazine rings is 1. The predicted octanol–water partition coefficient (Wildman–Crippen LogP) is 2.28. The molecule has 2 fully saturated rings. The topological polar surface area (TPSA) is 99.7 Å². The fraction of sp³-hybridized carbons (Fsp3) is 0.379. The van der Waals surface area contributed by atoms with E-state index in [0.29, 0.717) is 17.0 Å². The standard InChI is InChI=1S/C29H31F2N7O3/c1-34-12-14-35(15-13-34)25-7-2-20(16-24(25)31)27(39)36-10-8-29(41,9-11-36)18-37-19-32-26-23(28(37)40)17-33-38(26)22-5-3-21(30)4-6-22/h2-7,16-17,19,41H,8-15,18H2,1H3. The summed E-state index contributed by atoms with van der Waals surface area (Å²) in [5.41, 5.74) is 0.0917. The van der Waals surface area contributed by atoms with Crippen LogP contribution in [0.1, 0.15) is 23.2 Å². The molecule has 214 valence electrons. The van der Waals surface area contributed by atoms with Gasteiger partial charge in [0, 0.05) is 44.8 Å². The van der Waals surface area contributed by atoms with Gasteiger partial charge in [0.2, 0.25) is 0 Å². The van der Waals surface area contributed by atoms with Gasteiger partial charge in [0.15, 0.2) is 5.65 Å². The average Bonchev–Trinajstić information content (AvgIpc) is 3.40. The first kappa shape index (κ1) is 27.0. The summed E-state index contributed by atoms with van der Waals surface area (Å²) in [6.07, 6.45) is 3.27. The van der Waals surface area contributed by atoms with Crippen LogP contribution in [0, 0.1) is 11.6 Å². The van der Waals surface area contributed by atoms with Crippen molar-refractivity contribution in [3.8, 4) is 5.69 Å². The third kappa shape index (κ3) is 5.32. The number of carbonyl (C=O) groups is 1. The second kappa shape index (κ2) is 10.7. The van der Waals surface area contributed by atoms with Gasteiger partial charge in [-0.2, -0.15) is 5.10 Å². The van der Waals surface area contributed by atoms with Gasteiger partial charge in [-0.15, -0.1) is 0 Å². The van der Waals surface area contributed by atoms with Crippen LogP contribution in [-0.2, 0) is 6.54 Å². The van der Waals surface area contributed by atoms with Gasteiger partial charge in [-0.25, -0.2) is 18.4 Å². The molecule has 0 unspecified atom stereocenters. The Morgan fingerprint density at radius 1 is 1.00 bits per heavy atom. The summed E-state index contributed by atoms with van der Waals surface area (Å²) in [5.74, 6) is -1.09. The zero-order valence-electron chi connectivity index (χ0n) is 22.7. The molecule has 0 spiro atoms. The smallest absolute Gasteiger partial charge is 0.264 e. The highest BCUT2D eigenvalue weighted by molar-refractivity contribution is 5.94. The van der Waals surface area contributed by atoms with Crippen molar-refractivity contribution in [2.45, 2.75) is 25.0 Å². The van der Waals surface area contributed by atoms with Crippen LogP contribution < -0.4 is 10.5 Å². The molecule has 6 rings (SSSR count). The van der Waals surface area contributed by atoms with E-state index in [1.54, 1.807) is 29.2 Å². The predicted molar refractivity (Wildman–Crippen MR) is 149 cm³/mol. The normalized spacial score (nSPS) is 17.8. The molecule has 2 aromatic carbocycles. The Hall–Kier alpha value is -4.16.